The summed E-state index contributed by atoms with van der Waals surface area (Å²) in [7, 11) is 0. The number of nitrogens with one attached hydrogen (secondary N) is 1. The summed E-state index contributed by atoms with van der Waals surface area (Å²) in [6, 6.07) is -0.750. The molecule has 1 aromatic rings. The monoisotopic (exact) mass is 314 g/mol. The van der Waals surface area contributed by atoms with Crippen molar-refractivity contribution in [2.45, 2.75) is 12.4 Å². The number of anilines is 1. The van der Waals surface area contributed by atoms with Crippen molar-refractivity contribution in [1.82, 2.24) is 5.32 Å². The van der Waals surface area contributed by atoms with Gasteiger partial charge < -0.3 is 10.4 Å². The number of phenolic OH excluding ortho intramolecular Hbond substituents is 1. The lowest BCUT2D eigenvalue weighted by molar-refractivity contribution is -0.143. The number of aromatic hydroxyl groups is 1. The number of benzene rings is 1. The van der Waals surface area contributed by atoms with Gasteiger partial charge in [-0.2, -0.15) is 26.3 Å². The van der Waals surface area contributed by atoms with Gasteiger partial charge in [0.15, 0.2) is 5.75 Å². The van der Waals surface area contributed by atoms with Crippen LogP contribution in [0.25, 0.3) is 0 Å². The lowest BCUT2D eigenvalue weighted by Gasteiger charge is -2.21. The number of carbonyl (C=O) groups excluding carboxylic acids is 1. The highest BCUT2D eigenvalue weighted by Gasteiger charge is 2.41. The zero-order valence-electron chi connectivity index (χ0n) is 10.1. The van der Waals surface area contributed by atoms with Gasteiger partial charge in [-0.1, -0.05) is 0 Å². The fraction of sp³-hybridized carbons (Fsp3) is 0.364. The third kappa shape index (κ3) is 2.83. The van der Waals surface area contributed by atoms with Crippen molar-refractivity contribution in [3.05, 3.63) is 23.3 Å². The van der Waals surface area contributed by atoms with Crippen LogP contribution in [0.3, 0.4) is 0 Å². The number of hydrogen-bond acceptors (Lipinski definition) is 2. The Labute approximate surface area is 114 Å². The Hall–Kier alpha value is -2.13. The Morgan fingerprint density at radius 2 is 1.71 bits per heavy atom. The molecule has 1 aliphatic heterocycles. The van der Waals surface area contributed by atoms with E-state index in [0.29, 0.717) is 11.0 Å². The number of nitrogens with zero attached hydrogens (tertiary/aromatic N) is 1. The normalized spacial score (nSPS) is 16.3. The average molecular weight is 314 g/mol. The Morgan fingerprint density at radius 3 is 2.14 bits per heavy atom. The maximum absolute atomic E-state index is 12.7. The average Bonchev–Trinajstić information content (AvgIpc) is 2.72. The Bertz CT molecular complexity index is 581. The highest BCUT2D eigenvalue weighted by molar-refractivity contribution is 5.96. The molecule has 116 valence electrons. The second kappa shape index (κ2) is 4.71. The molecule has 1 heterocycles. The first-order valence-corrected chi connectivity index (χ1v) is 5.58. The number of halogens is 6. The third-order valence-electron chi connectivity index (χ3n) is 2.87. The van der Waals surface area contributed by atoms with Crippen LogP contribution in [0.5, 0.6) is 5.75 Å². The predicted molar refractivity (Wildman–Crippen MR) is 58.9 cm³/mol. The van der Waals surface area contributed by atoms with Crippen molar-refractivity contribution in [2.75, 3.05) is 18.0 Å². The molecule has 1 aromatic carbocycles. The molecule has 2 amide bonds. The standard InChI is InChI=1S/C11H8F6N2O2/c12-10(13,14)5-3-6(11(15,16)17)8(20)7(4-5)19-2-1-18-9(19)21/h3-4,20H,1-2H2,(H,18,21). The van der Waals surface area contributed by atoms with Gasteiger partial charge in [0.1, 0.15) is 0 Å². The molecule has 0 saturated carbocycles. The van der Waals surface area contributed by atoms with Gasteiger partial charge in [0.2, 0.25) is 0 Å². The van der Waals surface area contributed by atoms with Gasteiger partial charge in [-0.3, -0.25) is 4.90 Å². The maximum atomic E-state index is 12.7. The molecular weight excluding hydrogens is 306 g/mol. The number of phenols is 1. The van der Waals surface area contributed by atoms with Crippen LogP contribution in [0.1, 0.15) is 11.1 Å². The van der Waals surface area contributed by atoms with E-state index in [1.807, 2.05) is 0 Å². The van der Waals surface area contributed by atoms with E-state index >= 15 is 0 Å². The minimum atomic E-state index is -5.18. The molecule has 0 bridgehead atoms. The van der Waals surface area contributed by atoms with Crippen molar-refractivity contribution < 1.29 is 36.2 Å². The van der Waals surface area contributed by atoms with E-state index in [1.54, 1.807) is 0 Å². The van der Waals surface area contributed by atoms with E-state index in [9.17, 15) is 36.2 Å². The van der Waals surface area contributed by atoms with Crippen molar-refractivity contribution in [3.8, 4) is 5.75 Å². The smallest absolute Gasteiger partial charge is 0.420 e. The van der Waals surface area contributed by atoms with Crippen molar-refractivity contribution in [1.29, 1.82) is 0 Å². The van der Waals surface area contributed by atoms with E-state index in [4.69, 9.17) is 0 Å². The summed E-state index contributed by atoms with van der Waals surface area (Å²) in [5.41, 5.74) is -4.26. The molecule has 0 spiro atoms. The molecule has 2 N–H and O–H groups in total. The van der Waals surface area contributed by atoms with Gasteiger partial charge in [-0.05, 0) is 12.1 Å². The molecule has 0 aromatic heterocycles. The van der Waals surface area contributed by atoms with Gasteiger partial charge in [-0.25, -0.2) is 4.79 Å². The van der Waals surface area contributed by atoms with Crippen LogP contribution in [-0.4, -0.2) is 24.2 Å². The molecule has 4 nitrogen and oxygen atoms in total. The van der Waals surface area contributed by atoms with Crippen molar-refractivity contribution >= 4 is 11.7 Å². The molecule has 0 atom stereocenters. The molecule has 2 rings (SSSR count). The fourth-order valence-corrected chi connectivity index (χ4v) is 1.91. The number of carbonyl (C=O) groups is 1. The second-order valence-electron chi connectivity index (χ2n) is 4.27. The van der Waals surface area contributed by atoms with E-state index < -0.39 is 40.9 Å². The fourth-order valence-electron chi connectivity index (χ4n) is 1.91. The van der Waals surface area contributed by atoms with E-state index in [2.05, 4.69) is 5.32 Å². The SMILES string of the molecule is O=C1NCCN1c1cc(C(F)(F)F)cc(C(F)(F)F)c1O. The van der Waals surface area contributed by atoms with Crippen LogP contribution in [0.4, 0.5) is 36.8 Å². The summed E-state index contributed by atoms with van der Waals surface area (Å²) in [5, 5.41) is 11.8. The zero-order valence-corrected chi connectivity index (χ0v) is 10.1. The van der Waals surface area contributed by atoms with Crippen LogP contribution in [0.15, 0.2) is 12.1 Å². The first kappa shape index (κ1) is 15.3. The van der Waals surface area contributed by atoms with Crippen LogP contribution in [0, 0.1) is 0 Å². The summed E-state index contributed by atoms with van der Waals surface area (Å²) >= 11 is 0. The van der Waals surface area contributed by atoms with E-state index in [1.165, 1.54) is 0 Å². The van der Waals surface area contributed by atoms with E-state index in [-0.39, 0.29) is 19.2 Å². The summed E-state index contributed by atoms with van der Waals surface area (Å²) in [6.07, 6.45) is -10.2. The van der Waals surface area contributed by atoms with Gasteiger partial charge in [0, 0.05) is 13.1 Å². The minimum absolute atomic E-state index is 0.0515. The van der Waals surface area contributed by atoms with Gasteiger partial charge >= 0.3 is 18.4 Å². The lowest BCUT2D eigenvalue weighted by atomic mass is 10.1. The summed E-state index contributed by atoms with van der Waals surface area (Å²) in [6.45, 7) is -0.0964. The molecule has 1 saturated heterocycles. The van der Waals surface area contributed by atoms with Gasteiger partial charge in [0.25, 0.3) is 0 Å². The molecule has 1 fully saturated rings. The summed E-state index contributed by atoms with van der Waals surface area (Å²) in [5.74, 6) is -1.41. The van der Waals surface area contributed by atoms with Crippen LogP contribution < -0.4 is 10.2 Å². The first-order valence-electron chi connectivity index (χ1n) is 5.58. The quantitative estimate of drug-likeness (QED) is 0.783. The molecule has 0 unspecified atom stereocenters. The molecule has 0 radical (unpaired) electrons. The van der Waals surface area contributed by atoms with Gasteiger partial charge in [0.05, 0.1) is 16.8 Å². The first-order chi connectivity index (χ1) is 9.51. The number of hydrogen-bond donors (Lipinski definition) is 2. The van der Waals surface area contributed by atoms with Crippen molar-refractivity contribution in [2.24, 2.45) is 0 Å². The molecule has 21 heavy (non-hydrogen) atoms. The van der Waals surface area contributed by atoms with Crippen LogP contribution >= 0.6 is 0 Å². The molecular formula is C11H8F6N2O2. The number of urea groups is 1. The molecule has 10 heteroatoms. The zero-order chi connectivity index (χ0) is 16.0. The Morgan fingerprint density at radius 1 is 1.10 bits per heavy atom. The number of rotatable bonds is 1. The minimum Gasteiger partial charge on any atom is -0.505 e. The van der Waals surface area contributed by atoms with Crippen LogP contribution in [-0.2, 0) is 12.4 Å². The third-order valence-corrected chi connectivity index (χ3v) is 2.87. The second-order valence-corrected chi connectivity index (χ2v) is 4.27. The highest BCUT2D eigenvalue weighted by atomic mass is 19.4. The Kier molecular flexibility index (Phi) is 3.42. The predicted octanol–water partition coefficient (Wildman–Crippen LogP) is 2.96. The van der Waals surface area contributed by atoms with Crippen molar-refractivity contribution in [3.63, 3.8) is 0 Å². The topological polar surface area (TPSA) is 52.6 Å². The lowest BCUT2D eigenvalue weighted by Crippen LogP contribution is -2.28. The summed E-state index contributed by atoms with van der Waals surface area (Å²) in [4.78, 5) is 12.0. The maximum Gasteiger partial charge on any atom is 0.420 e. The summed E-state index contributed by atoms with van der Waals surface area (Å²) < 4.78 is 76.3. The molecule has 1 aliphatic rings. The van der Waals surface area contributed by atoms with E-state index in [0.717, 1.165) is 0 Å². The van der Waals surface area contributed by atoms with Gasteiger partial charge in [-0.15, -0.1) is 0 Å². The Balaban J connectivity index is 2.66. The highest BCUT2D eigenvalue weighted by Crippen LogP contribution is 2.45. The number of alkyl halides is 6. The van der Waals surface area contributed by atoms with Crippen LogP contribution in [0.2, 0.25) is 0 Å². The largest absolute Gasteiger partial charge is 0.505 e. The number of amides is 2. The molecule has 0 aliphatic carbocycles.